The van der Waals surface area contributed by atoms with Crippen LogP contribution in [0.5, 0.6) is 0 Å². The third-order valence-corrected chi connectivity index (χ3v) is 5.37. The summed E-state index contributed by atoms with van der Waals surface area (Å²) >= 11 is 5.18. The molecule has 15 heavy (non-hydrogen) atoms. The molecule has 0 spiro atoms. The highest BCUT2D eigenvalue weighted by molar-refractivity contribution is 9.10. The molecule has 1 aliphatic rings. The molecule has 3 atom stereocenters. The minimum absolute atomic E-state index is 0.354. The van der Waals surface area contributed by atoms with Crippen LogP contribution in [0, 0.1) is 11.8 Å². The zero-order valence-corrected chi connectivity index (χ0v) is 11.6. The van der Waals surface area contributed by atoms with E-state index in [4.69, 9.17) is 0 Å². The molecule has 0 bridgehead atoms. The van der Waals surface area contributed by atoms with Crippen molar-refractivity contribution in [2.45, 2.75) is 38.7 Å². The molecule has 2 rings (SSSR count). The van der Waals surface area contributed by atoms with E-state index in [2.05, 4.69) is 40.5 Å². The highest BCUT2D eigenvalue weighted by atomic mass is 79.9. The van der Waals surface area contributed by atoms with E-state index >= 15 is 0 Å². The average molecular weight is 289 g/mol. The summed E-state index contributed by atoms with van der Waals surface area (Å²) in [5, 5.41) is 14.9. The van der Waals surface area contributed by atoms with Crippen LogP contribution in [0.4, 0.5) is 0 Å². The van der Waals surface area contributed by atoms with Crippen LogP contribution in [0.2, 0.25) is 0 Å². The van der Waals surface area contributed by atoms with Crippen LogP contribution in [-0.4, -0.2) is 5.11 Å². The smallest absolute Gasteiger partial charge is 0.0941 e. The average Bonchev–Trinajstić information content (AvgIpc) is 2.59. The molecule has 84 valence electrons. The number of thiophene rings is 1. The Kier molecular flexibility index (Phi) is 3.25. The van der Waals surface area contributed by atoms with E-state index in [9.17, 15) is 5.11 Å². The zero-order chi connectivity index (χ0) is 11.1. The molecular formula is C12H17BrOS. The summed E-state index contributed by atoms with van der Waals surface area (Å²) in [4.78, 5) is 0. The number of hydrogen-bond acceptors (Lipinski definition) is 2. The third-order valence-electron chi connectivity index (χ3n) is 3.67. The van der Waals surface area contributed by atoms with Gasteiger partial charge in [-0.2, -0.15) is 11.3 Å². The molecule has 0 aliphatic heterocycles. The van der Waals surface area contributed by atoms with Crippen LogP contribution in [0.1, 0.15) is 38.7 Å². The normalized spacial score (nSPS) is 36.8. The lowest BCUT2D eigenvalue weighted by molar-refractivity contribution is -0.0589. The third kappa shape index (κ3) is 2.02. The molecule has 0 saturated heterocycles. The Bertz CT molecular complexity index is 349. The first-order chi connectivity index (χ1) is 7.04. The fourth-order valence-corrected chi connectivity index (χ4v) is 4.33. The van der Waals surface area contributed by atoms with Crippen molar-refractivity contribution in [3.8, 4) is 0 Å². The van der Waals surface area contributed by atoms with Crippen molar-refractivity contribution >= 4 is 27.3 Å². The highest BCUT2D eigenvalue weighted by Gasteiger charge is 2.41. The quantitative estimate of drug-likeness (QED) is 0.823. The zero-order valence-electron chi connectivity index (χ0n) is 9.16. The maximum absolute atomic E-state index is 10.8. The van der Waals surface area contributed by atoms with Gasteiger partial charge in [-0.25, -0.2) is 0 Å². The number of rotatable bonds is 1. The monoisotopic (exact) mass is 288 g/mol. The Morgan fingerprint density at radius 2 is 2.20 bits per heavy atom. The van der Waals surface area contributed by atoms with Crippen molar-refractivity contribution in [3.63, 3.8) is 0 Å². The SMILES string of the molecule is CC1CCC(O)(c2cscc2Br)C(C)C1. The minimum Gasteiger partial charge on any atom is -0.385 e. The van der Waals surface area contributed by atoms with Crippen molar-refractivity contribution in [2.75, 3.05) is 0 Å². The second-order valence-corrected chi connectivity index (χ2v) is 6.44. The number of halogens is 1. The van der Waals surface area contributed by atoms with E-state index in [0.717, 1.165) is 35.2 Å². The summed E-state index contributed by atoms with van der Waals surface area (Å²) in [6.45, 7) is 4.44. The maximum atomic E-state index is 10.8. The molecule has 0 amide bonds. The first kappa shape index (κ1) is 11.6. The summed E-state index contributed by atoms with van der Waals surface area (Å²) in [6.07, 6.45) is 3.15. The molecule has 1 aromatic heterocycles. The summed E-state index contributed by atoms with van der Waals surface area (Å²) in [7, 11) is 0. The predicted octanol–water partition coefficient (Wildman–Crippen LogP) is 4.15. The van der Waals surface area contributed by atoms with Gasteiger partial charge in [-0.3, -0.25) is 0 Å². The molecule has 1 fully saturated rings. The molecule has 0 aromatic carbocycles. The first-order valence-corrected chi connectivity index (χ1v) is 7.22. The summed E-state index contributed by atoms with van der Waals surface area (Å²) < 4.78 is 1.07. The Morgan fingerprint density at radius 1 is 1.47 bits per heavy atom. The van der Waals surface area contributed by atoms with Crippen LogP contribution in [0.15, 0.2) is 15.2 Å². The van der Waals surface area contributed by atoms with Gasteiger partial charge in [0.05, 0.1) is 5.60 Å². The van der Waals surface area contributed by atoms with E-state index in [0.29, 0.717) is 5.92 Å². The standard InChI is InChI=1S/C12H17BrOS/c1-8-3-4-12(14,9(2)5-8)10-6-15-7-11(10)13/h6-9,14H,3-5H2,1-2H3. The molecule has 0 radical (unpaired) electrons. The van der Waals surface area contributed by atoms with E-state index in [1.165, 1.54) is 0 Å². The molecule has 1 N–H and O–H groups in total. The van der Waals surface area contributed by atoms with Gasteiger partial charge >= 0.3 is 0 Å². The molecule has 1 aromatic rings. The van der Waals surface area contributed by atoms with Gasteiger partial charge in [0.15, 0.2) is 0 Å². The fourth-order valence-electron chi connectivity index (χ4n) is 2.62. The molecule has 3 unspecified atom stereocenters. The maximum Gasteiger partial charge on any atom is 0.0941 e. The largest absolute Gasteiger partial charge is 0.385 e. The van der Waals surface area contributed by atoms with Gasteiger partial charge in [0.25, 0.3) is 0 Å². The fraction of sp³-hybridized carbons (Fsp3) is 0.667. The molecular weight excluding hydrogens is 272 g/mol. The van der Waals surface area contributed by atoms with Gasteiger partial charge in [0, 0.05) is 15.4 Å². The lowest BCUT2D eigenvalue weighted by Gasteiger charge is -2.40. The van der Waals surface area contributed by atoms with Crippen LogP contribution in [0.25, 0.3) is 0 Å². The van der Waals surface area contributed by atoms with Gasteiger partial charge in [-0.15, -0.1) is 0 Å². The predicted molar refractivity (Wildman–Crippen MR) is 68.1 cm³/mol. The number of aliphatic hydroxyl groups is 1. The van der Waals surface area contributed by atoms with E-state index in [1.807, 2.05) is 0 Å². The van der Waals surface area contributed by atoms with Gasteiger partial charge in [0.2, 0.25) is 0 Å². The second kappa shape index (κ2) is 4.19. The second-order valence-electron chi connectivity index (χ2n) is 4.84. The Balaban J connectivity index is 2.30. The van der Waals surface area contributed by atoms with Crippen molar-refractivity contribution < 1.29 is 5.11 Å². The first-order valence-electron chi connectivity index (χ1n) is 5.48. The van der Waals surface area contributed by atoms with Gasteiger partial charge in [-0.05, 0) is 52.4 Å². The summed E-state index contributed by atoms with van der Waals surface area (Å²) in [5.74, 6) is 1.10. The Labute approximate surface area is 104 Å². The number of hydrogen-bond donors (Lipinski definition) is 1. The van der Waals surface area contributed by atoms with Gasteiger partial charge < -0.3 is 5.11 Å². The molecule has 1 saturated carbocycles. The summed E-state index contributed by atoms with van der Waals surface area (Å²) in [5.41, 5.74) is 0.484. The van der Waals surface area contributed by atoms with Crippen LogP contribution >= 0.6 is 27.3 Å². The lowest BCUT2D eigenvalue weighted by atomic mass is 9.70. The van der Waals surface area contributed by atoms with E-state index < -0.39 is 5.60 Å². The topological polar surface area (TPSA) is 20.2 Å². The molecule has 3 heteroatoms. The van der Waals surface area contributed by atoms with Crippen LogP contribution in [0.3, 0.4) is 0 Å². The molecule has 1 nitrogen and oxygen atoms in total. The molecule has 1 aliphatic carbocycles. The Hall–Kier alpha value is 0.140. The summed E-state index contributed by atoms with van der Waals surface area (Å²) in [6, 6.07) is 0. The van der Waals surface area contributed by atoms with Gasteiger partial charge in [0.1, 0.15) is 0 Å². The van der Waals surface area contributed by atoms with Gasteiger partial charge in [-0.1, -0.05) is 13.8 Å². The van der Waals surface area contributed by atoms with Crippen LogP contribution in [-0.2, 0) is 5.60 Å². The van der Waals surface area contributed by atoms with Crippen molar-refractivity contribution in [3.05, 3.63) is 20.8 Å². The highest BCUT2D eigenvalue weighted by Crippen LogP contribution is 2.46. The molecule has 1 heterocycles. The minimum atomic E-state index is -0.606. The van der Waals surface area contributed by atoms with E-state index in [-0.39, 0.29) is 0 Å². The van der Waals surface area contributed by atoms with Crippen molar-refractivity contribution in [1.29, 1.82) is 0 Å². The van der Waals surface area contributed by atoms with Crippen LogP contribution < -0.4 is 0 Å². The van der Waals surface area contributed by atoms with Crippen molar-refractivity contribution in [1.82, 2.24) is 0 Å². The van der Waals surface area contributed by atoms with E-state index in [1.54, 1.807) is 11.3 Å². The van der Waals surface area contributed by atoms with Crippen molar-refractivity contribution in [2.24, 2.45) is 11.8 Å². The lowest BCUT2D eigenvalue weighted by Crippen LogP contribution is -2.38. The Morgan fingerprint density at radius 3 is 2.73 bits per heavy atom.